The van der Waals surface area contributed by atoms with Crippen LogP contribution in [0.4, 0.5) is 5.00 Å². The highest BCUT2D eigenvalue weighted by molar-refractivity contribution is 7.15. The number of ether oxygens (including phenoxy) is 3. The molecule has 0 saturated heterocycles. The number of carbonyl (C=O) groups excluding carboxylic acids is 2. The van der Waals surface area contributed by atoms with Gasteiger partial charge >= 0.3 is 5.97 Å². The van der Waals surface area contributed by atoms with Gasteiger partial charge in [0.1, 0.15) is 10.6 Å². The highest BCUT2D eigenvalue weighted by Crippen LogP contribution is 2.36. The molecule has 1 amide bonds. The molecule has 0 bridgehead atoms. The van der Waals surface area contributed by atoms with E-state index in [0.717, 1.165) is 16.7 Å². The number of nitrogens with one attached hydrogen (secondary N) is 1. The van der Waals surface area contributed by atoms with Gasteiger partial charge < -0.3 is 19.5 Å². The maximum atomic E-state index is 12.7. The van der Waals surface area contributed by atoms with Crippen molar-refractivity contribution in [1.82, 2.24) is 0 Å². The van der Waals surface area contributed by atoms with Crippen LogP contribution in [0.1, 0.15) is 29.8 Å². The molecule has 0 saturated carbocycles. The largest absolute Gasteiger partial charge is 0.490 e. The fraction of sp³-hybridized carbons (Fsp3) is 0.250. The molecule has 0 aliphatic rings. The van der Waals surface area contributed by atoms with E-state index in [2.05, 4.69) is 5.32 Å². The Bertz CT molecular complexity index is 1040. The average Bonchev–Trinajstić information content (AvgIpc) is 3.17. The van der Waals surface area contributed by atoms with Gasteiger partial charge in [-0.2, -0.15) is 0 Å². The van der Waals surface area contributed by atoms with Crippen LogP contribution in [-0.4, -0.2) is 31.7 Å². The molecule has 3 aromatic rings. The minimum absolute atomic E-state index is 0.218. The van der Waals surface area contributed by atoms with Gasteiger partial charge in [0.05, 0.1) is 13.2 Å². The molecule has 0 aliphatic heterocycles. The maximum absolute atomic E-state index is 12.7. The van der Waals surface area contributed by atoms with Gasteiger partial charge in [-0.3, -0.25) is 4.79 Å². The van der Waals surface area contributed by atoms with Crippen molar-refractivity contribution < 1.29 is 23.8 Å². The van der Waals surface area contributed by atoms with Crippen LogP contribution in [0.15, 0.2) is 53.9 Å². The average molecular weight is 440 g/mol. The molecule has 0 aliphatic carbocycles. The zero-order chi connectivity index (χ0) is 22.2. The molecule has 0 radical (unpaired) electrons. The number of hydrogen-bond donors (Lipinski definition) is 1. The first kappa shape index (κ1) is 22.4. The normalized spacial score (nSPS) is 10.4. The summed E-state index contributed by atoms with van der Waals surface area (Å²) in [6.07, 6.45) is 0. The van der Waals surface area contributed by atoms with Crippen molar-refractivity contribution in [3.8, 4) is 22.6 Å². The summed E-state index contributed by atoms with van der Waals surface area (Å²) in [4.78, 5) is 25.2. The summed E-state index contributed by atoms with van der Waals surface area (Å²) >= 11 is 1.28. The molecule has 0 fully saturated rings. The lowest BCUT2D eigenvalue weighted by molar-refractivity contribution is -0.118. The van der Waals surface area contributed by atoms with E-state index >= 15 is 0 Å². The second kappa shape index (κ2) is 10.6. The molecule has 2 aromatic carbocycles. The van der Waals surface area contributed by atoms with Crippen molar-refractivity contribution in [1.29, 1.82) is 0 Å². The lowest BCUT2D eigenvalue weighted by atomic mass is 10.0. The standard InChI is InChI=1S/C24H25NO5S/c1-4-28-19-8-6-7-9-20(19)30-14-21(26)25-23-22(24(27)29-5-2)18(15-31-23)17-12-10-16(3)11-13-17/h6-13,15H,4-5,14H2,1-3H3,(H,25,26). The first-order valence-corrected chi connectivity index (χ1v) is 10.9. The van der Waals surface area contributed by atoms with Crippen LogP contribution >= 0.6 is 11.3 Å². The Balaban J connectivity index is 1.78. The number of carbonyl (C=O) groups is 2. The fourth-order valence-corrected chi connectivity index (χ4v) is 3.93. The number of hydrogen-bond acceptors (Lipinski definition) is 6. The molecule has 0 spiro atoms. The Kier molecular flexibility index (Phi) is 7.67. The molecule has 1 N–H and O–H groups in total. The van der Waals surface area contributed by atoms with Crippen LogP contribution in [0.25, 0.3) is 11.1 Å². The van der Waals surface area contributed by atoms with Gasteiger partial charge in [-0.05, 0) is 38.5 Å². The zero-order valence-corrected chi connectivity index (χ0v) is 18.6. The van der Waals surface area contributed by atoms with Crippen LogP contribution in [0.2, 0.25) is 0 Å². The lowest BCUT2D eigenvalue weighted by Crippen LogP contribution is -2.21. The van der Waals surface area contributed by atoms with Crippen LogP contribution in [-0.2, 0) is 9.53 Å². The number of para-hydroxylation sites is 2. The Morgan fingerprint density at radius 1 is 0.935 bits per heavy atom. The third-order valence-corrected chi connectivity index (χ3v) is 5.29. The molecule has 7 heteroatoms. The predicted molar refractivity (Wildman–Crippen MR) is 122 cm³/mol. The summed E-state index contributed by atoms with van der Waals surface area (Å²) in [7, 11) is 0. The number of anilines is 1. The third-order valence-electron chi connectivity index (χ3n) is 4.39. The van der Waals surface area contributed by atoms with Crippen LogP contribution in [0.5, 0.6) is 11.5 Å². The van der Waals surface area contributed by atoms with Gasteiger partial charge in [-0.1, -0.05) is 42.0 Å². The van der Waals surface area contributed by atoms with Crippen molar-refractivity contribution in [2.24, 2.45) is 0 Å². The monoisotopic (exact) mass is 439 g/mol. The number of benzene rings is 2. The van der Waals surface area contributed by atoms with Crippen molar-refractivity contribution in [3.63, 3.8) is 0 Å². The fourth-order valence-electron chi connectivity index (χ4n) is 2.95. The number of amides is 1. The second-order valence-corrected chi connectivity index (χ2v) is 7.54. The first-order valence-electron chi connectivity index (χ1n) is 10.0. The molecule has 3 rings (SSSR count). The van der Waals surface area contributed by atoms with Gasteiger partial charge in [0, 0.05) is 10.9 Å². The number of aryl methyl sites for hydroxylation is 1. The molecule has 31 heavy (non-hydrogen) atoms. The van der Waals surface area contributed by atoms with Crippen molar-refractivity contribution in [2.45, 2.75) is 20.8 Å². The van der Waals surface area contributed by atoms with Gasteiger partial charge in [-0.25, -0.2) is 4.79 Å². The van der Waals surface area contributed by atoms with Crippen molar-refractivity contribution in [3.05, 3.63) is 65.0 Å². The molecule has 6 nitrogen and oxygen atoms in total. The molecular weight excluding hydrogens is 414 g/mol. The molecule has 162 valence electrons. The molecule has 0 unspecified atom stereocenters. The summed E-state index contributed by atoms with van der Waals surface area (Å²) in [5, 5.41) is 5.06. The molecule has 1 heterocycles. The Hall–Kier alpha value is -3.32. The van der Waals surface area contributed by atoms with E-state index in [1.54, 1.807) is 19.1 Å². The number of rotatable bonds is 9. The zero-order valence-electron chi connectivity index (χ0n) is 17.8. The summed E-state index contributed by atoms with van der Waals surface area (Å²) < 4.78 is 16.4. The highest BCUT2D eigenvalue weighted by Gasteiger charge is 2.23. The predicted octanol–water partition coefficient (Wildman–Crippen LogP) is 5.32. The molecule has 1 aromatic heterocycles. The summed E-state index contributed by atoms with van der Waals surface area (Å²) in [6, 6.07) is 15.0. The van der Waals surface area contributed by atoms with Gasteiger partial charge in [0.2, 0.25) is 0 Å². The van der Waals surface area contributed by atoms with Crippen molar-refractivity contribution >= 4 is 28.2 Å². The highest BCUT2D eigenvalue weighted by atomic mass is 32.1. The number of thiophene rings is 1. The minimum Gasteiger partial charge on any atom is -0.490 e. The van der Waals surface area contributed by atoms with Crippen LogP contribution in [0, 0.1) is 6.92 Å². The Labute approximate surface area is 185 Å². The Morgan fingerprint density at radius 3 is 2.26 bits per heavy atom. The van der Waals surface area contributed by atoms with E-state index in [4.69, 9.17) is 14.2 Å². The van der Waals surface area contributed by atoms with E-state index in [9.17, 15) is 9.59 Å². The second-order valence-electron chi connectivity index (χ2n) is 6.66. The van der Waals surface area contributed by atoms with Gasteiger partial charge in [-0.15, -0.1) is 11.3 Å². The van der Waals surface area contributed by atoms with E-state index in [1.165, 1.54) is 11.3 Å². The van der Waals surface area contributed by atoms with Crippen LogP contribution in [0.3, 0.4) is 0 Å². The molecular formula is C24H25NO5S. The summed E-state index contributed by atoms with van der Waals surface area (Å²) in [5.74, 6) is 0.200. The summed E-state index contributed by atoms with van der Waals surface area (Å²) in [6.45, 7) is 6.14. The SMILES string of the molecule is CCOC(=O)c1c(-c2ccc(C)cc2)csc1NC(=O)COc1ccccc1OCC. The van der Waals surface area contributed by atoms with E-state index in [0.29, 0.717) is 28.7 Å². The topological polar surface area (TPSA) is 73.9 Å². The quantitative estimate of drug-likeness (QED) is 0.457. The van der Waals surface area contributed by atoms with E-state index in [-0.39, 0.29) is 19.1 Å². The first-order chi connectivity index (χ1) is 15.0. The minimum atomic E-state index is -0.475. The summed E-state index contributed by atoms with van der Waals surface area (Å²) in [5.41, 5.74) is 3.07. The lowest BCUT2D eigenvalue weighted by Gasteiger charge is -2.12. The van der Waals surface area contributed by atoms with E-state index < -0.39 is 5.97 Å². The third kappa shape index (κ3) is 5.64. The van der Waals surface area contributed by atoms with Crippen molar-refractivity contribution in [2.75, 3.05) is 25.1 Å². The smallest absolute Gasteiger partial charge is 0.341 e. The number of esters is 1. The molecule has 0 atom stereocenters. The maximum Gasteiger partial charge on any atom is 0.341 e. The Morgan fingerprint density at radius 2 is 1.61 bits per heavy atom. The van der Waals surface area contributed by atoms with Gasteiger partial charge in [0.25, 0.3) is 5.91 Å². The van der Waals surface area contributed by atoms with E-state index in [1.807, 2.05) is 55.6 Å². The van der Waals surface area contributed by atoms with Crippen LogP contribution < -0.4 is 14.8 Å². The van der Waals surface area contributed by atoms with Gasteiger partial charge in [0.15, 0.2) is 18.1 Å².